The highest BCUT2D eigenvalue weighted by atomic mass is 35.5. The van der Waals surface area contributed by atoms with E-state index in [9.17, 15) is 9.18 Å². The number of thioether (sulfide) groups is 1. The number of nitrogens with one attached hydrogen (secondary N) is 1. The van der Waals surface area contributed by atoms with Gasteiger partial charge in [0.25, 0.3) is 0 Å². The third-order valence-corrected chi connectivity index (χ3v) is 6.17. The van der Waals surface area contributed by atoms with Crippen molar-refractivity contribution in [3.05, 3.63) is 64.4 Å². The van der Waals surface area contributed by atoms with Crippen molar-refractivity contribution in [2.24, 2.45) is 5.92 Å². The fraction of sp³-hybridized carbons (Fsp3) is 0.409. The minimum atomic E-state index is -0.330. The molecule has 0 radical (unpaired) electrons. The van der Waals surface area contributed by atoms with Crippen LogP contribution in [0.1, 0.15) is 30.9 Å². The lowest BCUT2D eigenvalue weighted by Gasteiger charge is -2.32. The molecule has 0 spiro atoms. The molecular weight excluding hydrogens is 395 g/mol. The molecule has 3 rings (SSSR count). The van der Waals surface area contributed by atoms with E-state index in [-0.39, 0.29) is 11.7 Å². The number of halogens is 2. The van der Waals surface area contributed by atoms with Gasteiger partial charge in [0.05, 0.1) is 5.75 Å². The Morgan fingerprint density at radius 1 is 1.29 bits per heavy atom. The van der Waals surface area contributed by atoms with Crippen LogP contribution in [0.25, 0.3) is 0 Å². The third-order valence-electron chi connectivity index (χ3n) is 4.95. The fourth-order valence-electron chi connectivity index (χ4n) is 3.39. The fourth-order valence-corrected chi connectivity index (χ4v) is 4.39. The summed E-state index contributed by atoms with van der Waals surface area (Å²) in [7, 11) is 0. The number of benzene rings is 2. The van der Waals surface area contributed by atoms with Gasteiger partial charge in [-0.3, -0.25) is 4.79 Å². The molecule has 2 aromatic carbocycles. The molecular formula is C22H26ClFN2OS. The molecule has 0 aromatic heterocycles. The number of nitrogens with zero attached hydrogens (tertiary/aromatic N) is 1. The number of rotatable bonds is 7. The molecule has 1 fully saturated rings. The first-order chi connectivity index (χ1) is 13.5. The Bertz CT molecular complexity index is 800. The van der Waals surface area contributed by atoms with Crippen LogP contribution in [0.4, 0.5) is 10.1 Å². The highest BCUT2D eigenvalue weighted by Crippen LogP contribution is 2.23. The molecule has 0 aliphatic carbocycles. The largest absolute Gasteiger partial charge is 0.371 e. The summed E-state index contributed by atoms with van der Waals surface area (Å²) in [4.78, 5) is 14.5. The van der Waals surface area contributed by atoms with Crippen molar-refractivity contribution < 1.29 is 9.18 Å². The average Bonchev–Trinajstić information content (AvgIpc) is 2.68. The molecule has 1 N–H and O–H groups in total. The van der Waals surface area contributed by atoms with Crippen molar-refractivity contribution in [3.63, 3.8) is 0 Å². The molecule has 0 saturated carbocycles. The molecule has 1 amide bonds. The predicted octanol–water partition coefficient (Wildman–Crippen LogP) is 5.27. The van der Waals surface area contributed by atoms with Gasteiger partial charge in [0.1, 0.15) is 5.82 Å². The summed E-state index contributed by atoms with van der Waals surface area (Å²) in [6.07, 6.45) is 2.56. The monoisotopic (exact) mass is 420 g/mol. The number of anilines is 1. The quantitative estimate of drug-likeness (QED) is 0.662. The molecule has 0 unspecified atom stereocenters. The van der Waals surface area contributed by atoms with Crippen LogP contribution >= 0.6 is 23.4 Å². The molecule has 150 valence electrons. The first-order valence-electron chi connectivity index (χ1n) is 9.63. The highest BCUT2D eigenvalue weighted by molar-refractivity contribution is 7.99. The molecule has 0 bridgehead atoms. The van der Waals surface area contributed by atoms with Crippen molar-refractivity contribution in [2.45, 2.75) is 32.1 Å². The van der Waals surface area contributed by atoms with Crippen LogP contribution in [-0.2, 0) is 17.1 Å². The molecule has 6 heteroatoms. The first-order valence-corrected chi connectivity index (χ1v) is 11.2. The maximum Gasteiger partial charge on any atom is 0.230 e. The Morgan fingerprint density at radius 2 is 2.07 bits per heavy atom. The van der Waals surface area contributed by atoms with Crippen molar-refractivity contribution in [1.29, 1.82) is 0 Å². The molecule has 1 aliphatic rings. The Kier molecular flexibility index (Phi) is 7.63. The summed E-state index contributed by atoms with van der Waals surface area (Å²) in [5.41, 5.74) is 2.89. The Hall–Kier alpha value is -1.72. The lowest BCUT2D eigenvalue weighted by Crippen LogP contribution is -2.34. The smallest absolute Gasteiger partial charge is 0.230 e. The molecule has 1 heterocycles. The number of amides is 1. The molecule has 1 aliphatic heterocycles. The zero-order valence-electron chi connectivity index (χ0n) is 16.1. The van der Waals surface area contributed by atoms with Gasteiger partial charge < -0.3 is 10.2 Å². The van der Waals surface area contributed by atoms with Gasteiger partial charge in [0.2, 0.25) is 5.91 Å². The van der Waals surface area contributed by atoms with E-state index in [4.69, 9.17) is 11.6 Å². The third kappa shape index (κ3) is 6.14. The standard InChI is InChI=1S/C22H26ClFN2OS/c1-16-3-2-10-26(13-16)20-8-4-17(5-9-20)12-25-22(27)15-28-14-18-6-7-19(23)11-21(18)24/h4-9,11,16H,2-3,10,12-15H2,1H3,(H,25,27)/t16-/m0/s1. The van der Waals surface area contributed by atoms with E-state index in [2.05, 4.69) is 41.4 Å². The van der Waals surface area contributed by atoms with Gasteiger partial charge in [0, 0.05) is 36.1 Å². The van der Waals surface area contributed by atoms with E-state index < -0.39 is 0 Å². The lowest BCUT2D eigenvalue weighted by atomic mass is 9.99. The van der Waals surface area contributed by atoms with Crippen molar-refractivity contribution in [3.8, 4) is 0 Å². The number of hydrogen-bond donors (Lipinski definition) is 1. The van der Waals surface area contributed by atoms with Crippen LogP contribution in [0.5, 0.6) is 0 Å². The SMILES string of the molecule is C[C@H]1CCCN(c2ccc(CNC(=O)CSCc3ccc(Cl)cc3F)cc2)C1. The topological polar surface area (TPSA) is 32.3 Å². The second kappa shape index (κ2) is 10.2. The van der Waals surface area contributed by atoms with Crippen LogP contribution in [0.15, 0.2) is 42.5 Å². The Morgan fingerprint density at radius 3 is 2.79 bits per heavy atom. The summed E-state index contributed by atoms with van der Waals surface area (Å²) in [6.45, 7) is 5.04. The van der Waals surface area contributed by atoms with Gasteiger partial charge in [-0.2, -0.15) is 0 Å². The first kappa shape index (κ1) is 21.0. The summed E-state index contributed by atoms with van der Waals surface area (Å²) >= 11 is 7.14. The highest BCUT2D eigenvalue weighted by Gasteiger charge is 2.16. The number of hydrogen-bond acceptors (Lipinski definition) is 3. The zero-order chi connectivity index (χ0) is 19.9. The minimum Gasteiger partial charge on any atom is -0.371 e. The molecule has 1 atom stereocenters. The Labute approximate surface area is 175 Å². The zero-order valence-corrected chi connectivity index (χ0v) is 17.7. The minimum absolute atomic E-state index is 0.0479. The second-order valence-corrected chi connectivity index (χ2v) is 8.79. The van der Waals surface area contributed by atoms with E-state index in [1.807, 2.05) is 0 Å². The lowest BCUT2D eigenvalue weighted by molar-refractivity contribution is -0.118. The summed E-state index contributed by atoms with van der Waals surface area (Å²) in [6, 6.07) is 13.0. The van der Waals surface area contributed by atoms with Crippen LogP contribution in [0.2, 0.25) is 5.02 Å². The predicted molar refractivity (Wildman–Crippen MR) is 116 cm³/mol. The summed E-state index contributed by atoms with van der Waals surface area (Å²) in [5, 5.41) is 3.31. The van der Waals surface area contributed by atoms with Crippen LogP contribution in [-0.4, -0.2) is 24.7 Å². The summed E-state index contributed by atoms with van der Waals surface area (Å²) < 4.78 is 13.7. The van der Waals surface area contributed by atoms with E-state index in [1.165, 1.54) is 36.4 Å². The van der Waals surface area contributed by atoms with Crippen molar-refractivity contribution in [1.82, 2.24) is 5.32 Å². The molecule has 2 aromatic rings. The van der Waals surface area contributed by atoms with Crippen molar-refractivity contribution >= 4 is 35.0 Å². The van der Waals surface area contributed by atoms with E-state index in [0.29, 0.717) is 28.6 Å². The molecule has 3 nitrogen and oxygen atoms in total. The molecule has 1 saturated heterocycles. The van der Waals surface area contributed by atoms with Gasteiger partial charge in [-0.25, -0.2) is 4.39 Å². The van der Waals surface area contributed by atoms with Gasteiger partial charge in [0.15, 0.2) is 0 Å². The van der Waals surface area contributed by atoms with Gasteiger partial charge in [-0.1, -0.05) is 36.7 Å². The number of carbonyl (C=O) groups is 1. The van der Waals surface area contributed by atoms with E-state index in [1.54, 1.807) is 12.1 Å². The maximum atomic E-state index is 13.7. The number of piperidine rings is 1. The van der Waals surface area contributed by atoms with Crippen LogP contribution in [0.3, 0.4) is 0 Å². The number of carbonyl (C=O) groups excluding carboxylic acids is 1. The average molecular weight is 421 g/mol. The normalized spacial score (nSPS) is 16.8. The van der Waals surface area contributed by atoms with Gasteiger partial charge in [-0.15, -0.1) is 11.8 Å². The van der Waals surface area contributed by atoms with E-state index >= 15 is 0 Å². The molecule has 28 heavy (non-hydrogen) atoms. The maximum absolute atomic E-state index is 13.7. The summed E-state index contributed by atoms with van der Waals surface area (Å²) in [5.74, 6) is 1.11. The van der Waals surface area contributed by atoms with Gasteiger partial charge in [-0.05, 0) is 54.2 Å². The van der Waals surface area contributed by atoms with Gasteiger partial charge >= 0.3 is 0 Å². The van der Waals surface area contributed by atoms with Crippen LogP contribution < -0.4 is 10.2 Å². The Balaban J connectivity index is 1.40. The van der Waals surface area contributed by atoms with Crippen molar-refractivity contribution in [2.75, 3.05) is 23.7 Å². The second-order valence-electron chi connectivity index (χ2n) is 7.37. The van der Waals surface area contributed by atoms with Crippen LogP contribution in [0, 0.1) is 11.7 Å². The van der Waals surface area contributed by atoms with E-state index in [0.717, 1.165) is 24.6 Å².